The standard InChI is InChI=1S/C11H11BrN4O/c1-16(7-8-5-13-14-6-8)11(17)9-3-2-4-10(12)15-9/h2-6H,7H2,1H3,(H,13,14). The minimum atomic E-state index is -0.118. The van der Waals surface area contributed by atoms with Gasteiger partial charge in [-0.1, -0.05) is 6.07 Å². The summed E-state index contributed by atoms with van der Waals surface area (Å²) in [5.41, 5.74) is 1.38. The molecule has 17 heavy (non-hydrogen) atoms. The molecule has 88 valence electrons. The largest absolute Gasteiger partial charge is 0.336 e. The van der Waals surface area contributed by atoms with Crippen molar-refractivity contribution in [3.8, 4) is 0 Å². The molecule has 2 aromatic heterocycles. The lowest BCUT2D eigenvalue weighted by Gasteiger charge is -2.15. The molecule has 0 aromatic carbocycles. The molecular weight excluding hydrogens is 284 g/mol. The number of carbonyl (C=O) groups is 1. The van der Waals surface area contributed by atoms with Gasteiger partial charge in [0.2, 0.25) is 0 Å². The van der Waals surface area contributed by atoms with Crippen LogP contribution < -0.4 is 0 Å². The highest BCUT2D eigenvalue weighted by Crippen LogP contribution is 2.09. The number of rotatable bonds is 3. The van der Waals surface area contributed by atoms with Gasteiger partial charge in [0, 0.05) is 25.4 Å². The van der Waals surface area contributed by atoms with Gasteiger partial charge in [0.15, 0.2) is 0 Å². The van der Waals surface area contributed by atoms with Gasteiger partial charge in [-0.3, -0.25) is 9.89 Å². The average molecular weight is 295 g/mol. The third-order valence-corrected chi connectivity index (χ3v) is 2.70. The molecule has 0 saturated carbocycles. The highest BCUT2D eigenvalue weighted by molar-refractivity contribution is 9.10. The molecule has 0 unspecified atom stereocenters. The number of aromatic nitrogens is 3. The number of nitrogens with one attached hydrogen (secondary N) is 1. The minimum absolute atomic E-state index is 0.118. The van der Waals surface area contributed by atoms with E-state index in [9.17, 15) is 4.79 Å². The van der Waals surface area contributed by atoms with Gasteiger partial charge in [-0.05, 0) is 28.1 Å². The average Bonchev–Trinajstić information content (AvgIpc) is 2.80. The lowest BCUT2D eigenvalue weighted by atomic mass is 10.3. The number of carbonyl (C=O) groups excluding carboxylic acids is 1. The van der Waals surface area contributed by atoms with Crippen molar-refractivity contribution >= 4 is 21.8 Å². The summed E-state index contributed by atoms with van der Waals surface area (Å²) in [6.07, 6.45) is 3.45. The predicted octanol–water partition coefficient (Wildman–Crippen LogP) is 1.84. The maximum Gasteiger partial charge on any atom is 0.272 e. The van der Waals surface area contributed by atoms with Gasteiger partial charge >= 0.3 is 0 Å². The van der Waals surface area contributed by atoms with E-state index in [1.165, 1.54) is 0 Å². The van der Waals surface area contributed by atoms with Crippen molar-refractivity contribution in [3.63, 3.8) is 0 Å². The van der Waals surface area contributed by atoms with Crippen LogP contribution in [0, 0.1) is 0 Å². The van der Waals surface area contributed by atoms with Gasteiger partial charge in [-0.2, -0.15) is 5.10 Å². The van der Waals surface area contributed by atoms with Crippen LogP contribution >= 0.6 is 15.9 Å². The molecule has 1 N–H and O–H groups in total. The van der Waals surface area contributed by atoms with Gasteiger partial charge in [-0.25, -0.2) is 4.98 Å². The van der Waals surface area contributed by atoms with Crippen LogP contribution in [0.2, 0.25) is 0 Å². The first-order valence-electron chi connectivity index (χ1n) is 5.02. The van der Waals surface area contributed by atoms with Gasteiger partial charge in [0.05, 0.1) is 6.20 Å². The molecule has 1 amide bonds. The van der Waals surface area contributed by atoms with E-state index in [1.54, 1.807) is 42.5 Å². The van der Waals surface area contributed by atoms with Gasteiger partial charge in [-0.15, -0.1) is 0 Å². The van der Waals surface area contributed by atoms with Crippen LogP contribution in [0.15, 0.2) is 35.2 Å². The smallest absolute Gasteiger partial charge is 0.272 e. The third-order valence-electron chi connectivity index (χ3n) is 2.26. The summed E-state index contributed by atoms with van der Waals surface area (Å²) in [6.45, 7) is 0.503. The second-order valence-corrected chi connectivity index (χ2v) is 4.43. The molecule has 0 aliphatic heterocycles. The Morgan fingerprint density at radius 2 is 2.35 bits per heavy atom. The van der Waals surface area contributed by atoms with E-state index >= 15 is 0 Å². The summed E-state index contributed by atoms with van der Waals surface area (Å²) in [5, 5.41) is 6.55. The zero-order valence-corrected chi connectivity index (χ0v) is 10.8. The summed E-state index contributed by atoms with van der Waals surface area (Å²) >= 11 is 3.24. The number of hydrogen-bond donors (Lipinski definition) is 1. The third kappa shape index (κ3) is 2.91. The number of amides is 1. The maximum absolute atomic E-state index is 12.0. The molecule has 0 atom stereocenters. The van der Waals surface area contributed by atoms with Gasteiger partial charge < -0.3 is 4.90 Å². The Kier molecular flexibility index (Phi) is 3.53. The Bertz CT molecular complexity index is 512. The van der Waals surface area contributed by atoms with E-state index in [0.717, 1.165) is 5.56 Å². The van der Waals surface area contributed by atoms with Crippen molar-refractivity contribution in [2.24, 2.45) is 0 Å². The molecule has 0 saturated heterocycles. The van der Waals surface area contributed by atoms with Crippen LogP contribution in [0.3, 0.4) is 0 Å². The van der Waals surface area contributed by atoms with Crippen LogP contribution in [0.1, 0.15) is 16.1 Å². The lowest BCUT2D eigenvalue weighted by Crippen LogP contribution is -2.26. The van der Waals surface area contributed by atoms with Gasteiger partial charge in [0.1, 0.15) is 10.3 Å². The maximum atomic E-state index is 12.0. The van der Waals surface area contributed by atoms with E-state index < -0.39 is 0 Å². The zero-order valence-electron chi connectivity index (χ0n) is 9.22. The second-order valence-electron chi connectivity index (χ2n) is 3.61. The van der Waals surface area contributed by atoms with E-state index in [-0.39, 0.29) is 5.91 Å². The Labute approximate surface area is 107 Å². The minimum Gasteiger partial charge on any atom is -0.336 e. The van der Waals surface area contributed by atoms with E-state index in [0.29, 0.717) is 16.8 Å². The van der Waals surface area contributed by atoms with Crippen LogP contribution in [0.25, 0.3) is 0 Å². The van der Waals surface area contributed by atoms with E-state index in [4.69, 9.17) is 0 Å². The number of H-pyrrole nitrogens is 1. The highest BCUT2D eigenvalue weighted by Gasteiger charge is 2.13. The number of pyridine rings is 1. The number of halogens is 1. The predicted molar refractivity (Wildman–Crippen MR) is 66.3 cm³/mol. The van der Waals surface area contributed by atoms with Crippen LogP contribution in [-0.4, -0.2) is 33.0 Å². The number of nitrogens with zero attached hydrogens (tertiary/aromatic N) is 3. The SMILES string of the molecule is CN(Cc1cn[nH]c1)C(=O)c1cccc(Br)n1. The lowest BCUT2D eigenvalue weighted by molar-refractivity contribution is 0.0779. The van der Waals surface area contributed by atoms with Crippen molar-refractivity contribution in [1.29, 1.82) is 0 Å². The summed E-state index contributed by atoms with van der Waals surface area (Å²) in [6, 6.07) is 5.27. The molecule has 0 spiro atoms. The fourth-order valence-corrected chi connectivity index (χ4v) is 1.78. The molecule has 0 aliphatic carbocycles. The first-order chi connectivity index (χ1) is 8.16. The Morgan fingerprint density at radius 3 is 3.00 bits per heavy atom. The van der Waals surface area contributed by atoms with Gasteiger partial charge in [0.25, 0.3) is 5.91 Å². The summed E-state index contributed by atoms with van der Waals surface area (Å²) in [7, 11) is 1.73. The molecule has 2 aromatic rings. The quantitative estimate of drug-likeness (QED) is 0.879. The van der Waals surface area contributed by atoms with Crippen molar-refractivity contribution < 1.29 is 4.79 Å². The molecule has 0 radical (unpaired) electrons. The van der Waals surface area contributed by atoms with Crippen molar-refractivity contribution in [2.45, 2.75) is 6.54 Å². The Balaban J connectivity index is 2.09. The molecule has 0 bridgehead atoms. The Hall–Kier alpha value is -1.69. The molecular formula is C11H11BrN4O. The highest BCUT2D eigenvalue weighted by atomic mass is 79.9. The first kappa shape index (κ1) is 11.8. The fourth-order valence-electron chi connectivity index (χ4n) is 1.43. The second kappa shape index (κ2) is 5.09. The zero-order chi connectivity index (χ0) is 12.3. The Morgan fingerprint density at radius 1 is 1.53 bits per heavy atom. The van der Waals surface area contributed by atoms with Crippen LogP contribution in [0.5, 0.6) is 0 Å². The summed E-state index contributed by atoms with van der Waals surface area (Å²) in [4.78, 5) is 17.8. The fraction of sp³-hybridized carbons (Fsp3) is 0.182. The van der Waals surface area contributed by atoms with Crippen molar-refractivity contribution in [2.75, 3.05) is 7.05 Å². The van der Waals surface area contributed by atoms with Crippen molar-refractivity contribution in [1.82, 2.24) is 20.1 Å². The number of hydrogen-bond acceptors (Lipinski definition) is 3. The van der Waals surface area contributed by atoms with E-state index in [1.807, 2.05) is 0 Å². The summed E-state index contributed by atoms with van der Waals surface area (Å²) in [5.74, 6) is -0.118. The van der Waals surface area contributed by atoms with Crippen molar-refractivity contribution in [3.05, 3.63) is 46.5 Å². The topological polar surface area (TPSA) is 61.9 Å². The molecule has 2 rings (SSSR count). The molecule has 6 heteroatoms. The molecule has 0 fully saturated rings. The normalized spacial score (nSPS) is 10.2. The van der Waals surface area contributed by atoms with Crippen LogP contribution in [-0.2, 0) is 6.54 Å². The molecule has 0 aliphatic rings. The molecule has 2 heterocycles. The molecule has 5 nitrogen and oxygen atoms in total. The first-order valence-corrected chi connectivity index (χ1v) is 5.82. The number of aromatic amines is 1. The van der Waals surface area contributed by atoms with Crippen LogP contribution in [0.4, 0.5) is 0 Å². The monoisotopic (exact) mass is 294 g/mol. The van der Waals surface area contributed by atoms with E-state index in [2.05, 4.69) is 31.1 Å². The summed E-state index contributed by atoms with van der Waals surface area (Å²) < 4.78 is 0.653.